The molecule has 1 aliphatic heterocycles. The average Bonchev–Trinajstić information content (AvgIpc) is 2.95. The van der Waals surface area contributed by atoms with Crippen LogP contribution in [0.4, 0.5) is 16.2 Å². The van der Waals surface area contributed by atoms with Crippen LogP contribution in [0, 0.1) is 5.92 Å². The third-order valence-electron chi connectivity index (χ3n) is 5.63. The number of fused-ring (bicyclic) bond motifs is 1. The summed E-state index contributed by atoms with van der Waals surface area (Å²) in [7, 11) is 3.46. The van der Waals surface area contributed by atoms with Crippen molar-refractivity contribution in [2.45, 2.75) is 33.1 Å². The quantitative estimate of drug-likeness (QED) is 0.702. The highest BCUT2D eigenvalue weighted by Crippen LogP contribution is 2.34. The number of benzene rings is 1. The number of rotatable bonds is 6. The van der Waals surface area contributed by atoms with Crippen LogP contribution in [-0.4, -0.2) is 47.4 Å². The number of amides is 2. The van der Waals surface area contributed by atoms with Crippen LogP contribution < -0.4 is 21.2 Å². The molecule has 1 aromatic carbocycles. The van der Waals surface area contributed by atoms with Crippen molar-refractivity contribution in [2.24, 2.45) is 20.0 Å². The third-order valence-corrected chi connectivity index (χ3v) is 5.63. The molecule has 0 aliphatic carbocycles. The summed E-state index contributed by atoms with van der Waals surface area (Å²) in [6, 6.07) is 3.51. The SMILES string of the molecule is CCCNC(=O)Nc1cc2c(cc1N1CCC(C(=O)OCC)CC1)n(C)c(=O)n2C. The van der Waals surface area contributed by atoms with E-state index in [2.05, 4.69) is 15.5 Å². The molecule has 9 heteroatoms. The van der Waals surface area contributed by atoms with E-state index >= 15 is 0 Å². The summed E-state index contributed by atoms with van der Waals surface area (Å²) in [6.45, 7) is 6.11. The lowest BCUT2D eigenvalue weighted by Crippen LogP contribution is -2.38. The zero-order chi connectivity index (χ0) is 21.8. The van der Waals surface area contributed by atoms with Crippen molar-refractivity contribution in [1.82, 2.24) is 14.5 Å². The van der Waals surface area contributed by atoms with Gasteiger partial charge in [0, 0.05) is 33.7 Å². The van der Waals surface area contributed by atoms with Crippen LogP contribution in [-0.2, 0) is 23.6 Å². The first-order valence-corrected chi connectivity index (χ1v) is 10.5. The van der Waals surface area contributed by atoms with E-state index in [0.717, 1.165) is 23.1 Å². The molecule has 1 aromatic heterocycles. The van der Waals surface area contributed by atoms with Crippen molar-refractivity contribution < 1.29 is 14.3 Å². The minimum atomic E-state index is -0.278. The standard InChI is InChI=1S/C21H31N5O4/c1-5-9-22-20(28)23-15-12-17-18(25(4)21(29)24(17)3)13-16(15)26-10-7-14(8-11-26)19(27)30-6-2/h12-14H,5-11H2,1-4H3,(H2,22,23,28). The zero-order valence-corrected chi connectivity index (χ0v) is 18.2. The van der Waals surface area contributed by atoms with Gasteiger partial charge in [0.1, 0.15) is 0 Å². The van der Waals surface area contributed by atoms with E-state index in [1.807, 2.05) is 26.0 Å². The number of nitrogens with zero attached hydrogens (tertiary/aromatic N) is 3. The monoisotopic (exact) mass is 417 g/mol. The highest BCUT2D eigenvalue weighted by atomic mass is 16.5. The van der Waals surface area contributed by atoms with Gasteiger partial charge in [-0.05, 0) is 38.3 Å². The van der Waals surface area contributed by atoms with Crippen LogP contribution >= 0.6 is 0 Å². The topological polar surface area (TPSA) is 97.6 Å². The first-order valence-electron chi connectivity index (χ1n) is 10.5. The molecule has 2 amide bonds. The molecule has 0 radical (unpaired) electrons. The fourth-order valence-electron chi connectivity index (χ4n) is 3.92. The molecule has 0 unspecified atom stereocenters. The number of anilines is 2. The van der Waals surface area contributed by atoms with Crippen molar-refractivity contribution in [3.8, 4) is 0 Å². The van der Waals surface area contributed by atoms with Crippen molar-refractivity contribution in [3.05, 3.63) is 22.6 Å². The van der Waals surface area contributed by atoms with Gasteiger partial charge in [0.2, 0.25) is 0 Å². The molecule has 9 nitrogen and oxygen atoms in total. The molecule has 0 spiro atoms. The van der Waals surface area contributed by atoms with E-state index in [1.54, 1.807) is 23.2 Å². The number of hydrogen-bond donors (Lipinski definition) is 2. The second kappa shape index (κ2) is 9.23. The molecule has 1 fully saturated rings. The minimum Gasteiger partial charge on any atom is -0.466 e. The first kappa shape index (κ1) is 21.7. The molecule has 2 heterocycles. The van der Waals surface area contributed by atoms with E-state index in [-0.39, 0.29) is 23.6 Å². The normalized spacial score (nSPS) is 14.7. The van der Waals surface area contributed by atoms with E-state index in [0.29, 0.717) is 44.8 Å². The summed E-state index contributed by atoms with van der Waals surface area (Å²) in [5.41, 5.74) is 2.91. The molecule has 164 valence electrons. The number of urea groups is 1. The first-order chi connectivity index (χ1) is 14.4. The number of aromatic nitrogens is 2. The number of carbonyl (C=O) groups excluding carboxylic acids is 2. The van der Waals surface area contributed by atoms with Gasteiger partial charge in [0.15, 0.2) is 0 Å². The number of esters is 1. The van der Waals surface area contributed by atoms with Crippen LogP contribution in [0.3, 0.4) is 0 Å². The van der Waals surface area contributed by atoms with Gasteiger partial charge in [0.25, 0.3) is 0 Å². The van der Waals surface area contributed by atoms with Gasteiger partial charge in [-0.2, -0.15) is 0 Å². The number of carbonyl (C=O) groups is 2. The maximum atomic E-state index is 12.4. The summed E-state index contributed by atoms with van der Waals surface area (Å²) in [4.78, 5) is 39.0. The summed E-state index contributed by atoms with van der Waals surface area (Å²) in [5, 5.41) is 5.76. The smallest absolute Gasteiger partial charge is 0.328 e. The van der Waals surface area contributed by atoms with Gasteiger partial charge in [-0.15, -0.1) is 0 Å². The van der Waals surface area contributed by atoms with Crippen LogP contribution in [0.2, 0.25) is 0 Å². The predicted octanol–water partition coefficient (Wildman–Crippen LogP) is 2.19. The molecular weight excluding hydrogens is 386 g/mol. The third kappa shape index (κ3) is 4.29. The Morgan fingerprint density at radius 2 is 1.73 bits per heavy atom. The molecule has 1 saturated heterocycles. The molecular formula is C21H31N5O4. The van der Waals surface area contributed by atoms with Crippen LogP contribution in [0.5, 0.6) is 0 Å². The van der Waals surface area contributed by atoms with Gasteiger partial charge in [-0.3, -0.25) is 13.9 Å². The maximum absolute atomic E-state index is 12.4. The van der Waals surface area contributed by atoms with E-state index < -0.39 is 0 Å². The van der Waals surface area contributed by atoms with Crippen molar-refractivity contribution >= 4 is 34.4 Å². The number of piperidine rings is 1. The zero-order valence-electron chi connectivity index (χ0n) is 18.2. The molecule has 1 aliphatic rings. The molecule has 30 heavy (non-hydrogen) atoms. The Balaban J connectivity index is 1.92. The lowest BCUT2D eigenvalue weighted by atomic mass is 9.96. The summed E-state index contributed by atoms with van der Waals surface area (Å²) < 4.78 is 8.33. The van der Waals surface area contributed by atoms with E-state index in [1.165, 1.54) is 0 Å². The molecule has 0 saturated carbocycles. The summed E-state index contributed by atoms with van der Waals surface area (Å²) in [5.74, 6) is -0.245. The van der Waals surface area contributed by atoms with Crippen molar-refractivity contribution in [1.29, 1.82) is 0 Å². The largest absolute Gasteiger partial charge is 0.466 e. The minimum absolute atomic E-state index is 0.102. The molecule has 3 rings (SSSR count). The number of hydrogen-bond acceptors (Lipinski definition) is 5. The fourth-order valence-corrected chi connectivity index (χ4v) is 3.92. The Hall–Kier alpha value is -2.97. The van der Waals surface area contributed by atoms with Crippen LogP contribution in [0.25, 0.3) is 11.0 Å². The molecule has 2 N–H and O–H groups in total. The number of aryl methyl sites for hydroxylation is 2. The number of nitrogens with one attached hydrogen (secondary N) is 2. The Kier molecular flexibility index (Phi) is 6.69. The lowest BCUT2D eigenvalue weighted by Gasteiger charge is -2.34. The van der Waals surface area contributed by atoms with Gasteiger partial charge < -0.3 is 20.3 Å². The predicted molar refractivity (Wildman–Crippen MR) is 117 cm³/mol. The molecule has 0 atom stereocenters. The Bertz CT molecular complexity index is 985. The van der Waals surface area contributed by atoms with Crippen molar-refractivity contribution in [2.75, 3.05) is 36.5 Å². The lowest BCUT2D eigenvalue weighted by molar-refractivity contribution is -0.148. The average molecular weight is 418 g/mol. The van der Waals surface area contributed by atoms with Crippen LogP contribution in [0.15, 0.2) is 16.9 Å². The van der Waals surface area contributed by atoms with Crippen LogP contribution in [0.1, 0.15) is 33.1 Å². The highest BCUT2D eigenvalue weighted by molar-refractivity contribution is 5.98. The van der Waals surface area contributed by atoms with E-state index in [4.69, 9.17) is 4.74 Å². The van der Waals surface area contributed by atoms with Gasteiger partial charge >= 0.3 is 17.7 Å². The van der Waals surface area contributed by atoms with Crippen molar-refractivity contribution in [3.63, 3.8) is 0 Å². The Labute approximate surface area is 176 Å². The number of ether oxygens (including phenoxy) is 1. The Morgan fingerprint density at radius 3 is 2.33 bits per heavy atom. The van der Waals surface area contributed by atoms with Gasteiger partial charge in [-0.1, -0.05) is 6.92 Å². The fraction of sp³-hybridized carbons (Fsp3) is 0.571. The molecule has 0 bridgehead atoms. The molecule has 2 aromatic rings. The summed E-state index contributed by atoms with van der Waals surface area (Å²) >= 11 is 0. The Morgan fingerprint density at radius 1 is 1.10 bits per heavy atom. The second-order valence-corrected chi connectivity index (χ2v) is 7.65. The maximum Gasteiger partial charge on any atom is 0.328 e. The van der Waals surface area contributed by atoms with E-state index in [9.17, 15) is 14.4 Å². The van der Waals surface area contributed by atoms with Gasteiger partial charge in [0.05, 0.1) is 34.9 Å². The second-order valence-electron chi connectivity index (χ2n) is 7.65. The summed E-state index contributed by atoms with van der Waals surface area (Å²) in [6.07, 6.45) is 2.21. The number of imidazole rings is 1. The van der Waals surface area contributed by atoms with Gasteiger partial charge in [-0.25, -0.2) is 9.59 Å². The highest BCUT2D eigenvalue weighted by Gasteiger charge is 2.28.